The first-order valence-corrected chi connectivity index (χ1v) is 10.3. The Morgan fingerprint density at radius 1 is 1.11 bits per heavy atom. The van der Waals surface area contributed by atoms with Crippen LogP contribution in [0.25, 0.3) is 22.4 Å². The van der Waals surface area contributed by atoms with E-state index in [-0.39, 0.29) is 5.91 Å². The molecule has 4 heteroatoms. The number of nitrogens with one attached hydrogen (secondary N) is 1. The van der Waals surface area contributed by atoms with Crippen molar-refractivity contribution in [2.24, 2.45) is 0 Å². The van der Waals surface area contributed by atoms with E-state index in [0.717, 1.165) is 41.8 Å². The summed E-state index contributed by atoms with van der Waals surface area (Å²) in [6.07, 6.45) is 10.4. The van der Waals surface area contributed by atoms with Gasteiger partial charge in [-0.05, 0) is 49.8 Å². The van der Waals surface area contributed by atoms with E-state index >= 15 is 0 Å². The zero-order valence-electron chi connectivity index (χ0n) is 16.4. The van der Waals surface area contributed by atoms with Crippen molar-refractivity contribution in [3.05, 3.63) is 65.7 Å². The van der Waals surface area contributed by atoms with Gasteiger partial charge in [0.2, 0.25) is 0 Å². The molecule has 1 aliphatic rings. The molecule has 4 nitrogen and oxygen atoms in total. The average molecular weight is 374 g/mol. The summed E-state index contributed by atoms with van der Waals surface area (Å²) < 4.78 is 2.18. The maximum Gasteiger partial charge on any atom is 0.253 e. The summed E-state index contributed by atoms with van der Waals surface area (Å²) in [6, 6.07) is 14.5. The molecule has 0 atom stereocenters. The third-order valence-corrected chi connectivity index (χ3v) is 5.33. The van der Waals surface area contributed by atoms with Gasteiger partial charge >= 0.3 is 0 Å². The molecule has 28 heavy (non-hydrogen) atoms. The summed E-state index contributed by atoms with van der Waals surface area (Å²) in [6.45, 7) is 3.53. The third kappa shape index (κ3) is 3.72. The van der Waals surface area contributed by atoms with Gasteiger partial charge < -0.3 is 9.88 Å². The molecular weight excluding hydrogens is 346 g/mol. The number of aryl methyl sites for hydroxylation is 1. The van der Waals surface area contributed by atoms with Crippen molar-refractivity contribution in [3.8, 4) is 11.4 Å². The largest absolute Gasteiger partial charge is 0.350 e. The van der Waals surface area contributed by atoms with Gasteiger partial charge in [-0.15, -0.1) is 0 Å². The lowest BCUT2D eigenvalue weighted by Gasteiger charge is -2.08. The van der Waals surface area contributed by atoms with E-state index < -0.39 is 0 Å². The summed E-state index contributed by atoms with van der Waals surface area (Å²) in [5.74, 6) is 0.926. The van der Waals surface area contributed by atoms with Crippen LogP contribution in [0, 0.1) is 0 Å². The van der Waals surface area contributed by atoms with Crippen molar-refractivity contribution in [2.45, 2.75) is 45.6 Å². The normalized spacial score (nSPS) is 13.8. The molecule has 0 unspecified atom stereocenters. The Morgan fingerprint density at radius 2 is 1.96 bits per heavy atom. The van der Waals surface area contributed by atoms with E-state index in [2.05, 4.69) is 53.2 Å². The quantitative estimate of drug-likeness (QED) is 0.461. The van der Waals surface area contributed by atoms with Crippen LogP contribution in [0.3, 0.4) is 0 Å². The van der Waals surface area contributed by atoms with E-state index in [1.54, 1.807) is 0 Å². The Morgan fingerprint density at radius 3 is 2.79 bits per heavy atom. The van der Waals surface area contributed by atoms with Gasteiger partial charge in [0.25, 0.3) is 5.91 Å². The molecule has 0 fully saturated rings. The molecule has 0 saturated heterocycles. The van der Waals surface area contributed by atoms with Crippen molar-refractivity contribution < 1.29 is 4.79 Å². The number of rotatable bonds is 7. The van der Waals surface area contributed by atoms with E-state index in [9.17, 15) is 4.79 Å². The van der Waals surface area contributed by atoms with Gasteiger partial charge in [-0.2, -0.15) is 0 Å². The molecule has 0 spiro atoms. The van der Waals surface area contributed by atoms with Crippen LogP contribution in [0.4, 0.5) is 0 Å². The van der Waals surface area contributed by atoms with Crippen LogP contribution in [0.5, 0.6) is 0 Å². The zero-order chi connectivity index (χ0) is 19.3. The van der Waals surface area contributed by atoms with Crippen molar-refractivity contribution in [2.75, 3.05) is 6.54 Å². The summed E-state index contributed by atoms with van der Waals surface area (Å²) in [5.41, 5.74) is 5.01. The third-order valence-electron chi connectivity index (χ3n) is 5.33. The van der Waals surface area contributed by atoms with E-state index in [0.29, 0.717) is 12.1 Å². The van der Waals surface area contributed by atoms with Crippen LogP contribution in [0.15, 0.2) is 54.6 Å². The second-order valence-corrected chi connectivity index (χ2v) is 7.34. The average Bonchev–Trinajstić information content (AvgIpc) is 3.00. The first-order chi connectivity index (χ1) is 13.8. The van der Waals surface area contributed by atoms with E-state index in [1.807, 2.05) is 18.2 Å². The van der Waals surface area contributed by atoms with Gasteiger partial charge in [-0.25, -0.2) is 4.98 Å². The molecule has 1 aliphatic heterocycles. The van der Waals surface area contributed by atoms with Gasteiger partial charge in [0.1, 0.15) is 5.82 Å². The van der Waals surface area contributed by atoms with Gasteiger partial charge in [0.05, 0.1) is 16.6 Å². The number of hydrogen-bond donors (Lipinski definition) is 1. The van der Waals surface area contributed by atoms with E-state index in [4.69, 9.17) is 4.98 Å². The van der Waals surface area contributed by atoms with Crippen LogP contribution in [-0.2, 0) is 13.0 Å². The minimum atomic E-state index is -0.0140. The summed E-state index contributed by atoms with van der Waals surface area (Å²) >= 11 is 0. The molecule has 1 amide bonds. The topological polar surface area (TPSA) is 46.9 Å². The van der Waals surface area contributed by atoms with Crippen LogP contribution in [0.1, 0.15) is 48.5 Å². The fraction of sp³-hybridized carbons (Fsp3) is 0.333. The lowest BCUT2D eigenvalue weighted by atomic mass is 10.0. The van der Waals surface area contributed by atoms with Crippen LogP contribution in [0.2, 0.25) is 0 Å². The second kappa shape index (κ2) is 8.42. The number of carbonyl (C=O) groups excluding carboxylic acids is 1. The number of para-hydroxylation sites is 1. The Kier molecular flexibility index (Phi) is 5.56. The summed E-state index contributed by atoms with van der Waals surface area (Å²) in [4.78, 5) is 17.1. The number of unbranched alkanes of at least 4 members (excludes halogenated alkanes) is 2. The molecule has 0 saturated carbocycles. The maximum absolute atomic E-state index is 12.3. The van der Waals surface area contributed by atoms with Gasteiger partial charge in [0.15, 0.2) is 0 Å². The fourth-order valence-corrected chi connectivity index (χ4v) is 3.88. The highest BCUT2D eigenvalue weighted by molar-refractivity contribution is 6.06. The highest BCUT2D eigenvalue weighted by atomic mass is 16.1. The van der Waals surface area contributed by atoms with Crippen LogP contribution < -0.4 is 5.32 Å². The Labute approximate surface area is 166 Å². The number of hydrogen-bond acceptors (Lipinski definition) is 2. The molecule has 0 aliphatic carbocycles. The zero-order valence-corrected chi connectivity index (χ0v) is 16.4. The maximum atomic E-state index is 12.3. The first kappa shape index (κ1) is 18.5. The number of imidazole rings is 1. The number of carbonyl (C=O) groups is 1. The number of allylic oxidation sites excluding steroid dienone is 2. The standard InChI is InChI=1S/C24H27N3O/c1-2-3-4-5-6-7-9-18-12-14-19(15-13-18)23-26-21-11-8-10-20-22(21)27(23)17-16-25-24(20)28/h3-4,8,10-15H,2,5-7,9,16-17H2,1H3,(H,25,28)/b4-3-. The number of benzene rings is 2. The van der Waals surface area contributed by atoms with Crippen LogP contribution in [-0.4, -0.2) is 22.0 Å². The van der Waals surface area contributed by atoms with Crippen molar-refractivity contribution in [1.29, 1.82) is 0 Å². The lowest BCUT2D eigenvalue weighted by Crippen LogP contribution is -2.24. The Balaban J connectivity index is 1.54. The molecule has 1 aromatic heterocycles. The Bertz CT molecular complexity index is 999. The second-order valence-electron chi connectivity index (χ2n) is 7.34. The molecule has 2 heterocycles. The summed E-state index contributed by atoms with van der Waals surface area (Å²) in [5, 5.41) is 2.97. The monoisotopic (exact) mass is 373 g/mol. The van der Waals surface area contributed by atoms with E-state index in [1.165, 1.54) is 24.8 Å². The smallest absolute Gasteiger partial charge is 0.253 e. The number of aromatic nitrogens is 2. The van der Waals surface area contributed by atoms with Gasteiger partial charge in [0, 0.05) is 18.7 Å². The molecule has 1 N–H and O–H groups in total. The minimum Gasteiger partial charge on any atom is -0.350 e. The number of amides is 1. The summed E-state index contributed by atoms with van der Waals surface area (Å²) in [7, 11) is 0. The van der Waals surface area contributed by atoms with Crippen molar-refractivity contribution in [1.82, 2.24) is 14.9 Å². The molecular formula is C24H27N3O. The van der Waals surface area contributed by atoms with Crippen LogP contribution >= 0.6 is 0 Å². The highest BCUT2D eigenvalue weighted by Crippen LogP contribution is 2.28. The molecule has 4 rings (SSSR count). The highest BCUT2D eigenvalue weighted by Gasteiger charge is 2.21. The molecule has 144 valence electrons. The Hall–Kier alpha value is -2.88. The predicted molar refractivity (Wildman–Crippen MR) is 114 cm³/mol. The molecule has 3 aromatic rings. The number of nitrogens with zero attached hydrogens (tertiary/aromatic N) is 2. The SMILES string of the molecule is CC/C=C\CCCCc1ccc(-c2nc3cccc4c3n2CCNC4=O)cc1. The van der Waals surface area contributed by atoms with Crippen molar-refractivity contribution >= 4 is 16.9 Å². The van der Waals surface area contributed by atoms with Gasteiger partial charge in [-0.3, -0.25) is 4.79 Å². The predicted octanol–water partition coefficient (Wildman–Crippen LogP) is 5.13. The van der Waals surface area contributed by atoms with Crippen molar-refractivity contribution in [3.63, 3.8) is 0 Å². The van der Waals surface area contributed by atoms with Gasteiger partial charge in [-0.1, -0.05) is 49.4 Å². The first-order valence-electron chi connectivity index (χ1n) is 10.3. The fourth-order valence-electron chi connectivity index (χ4n) is 3.88. The lowest BCUT2D eigenvalue weighted by molar-refractivity contribution is 0.0956. The molecule has 0 bridgehead atoms. The molecule has 2 aromatic carbocycles. The molecule has 0 radical (unpaired) electrons. The minimum absolute atomic E-state index is 0.0140.